The van der Waals surface area contributed by atoms with Crippen molar-refractivity contribution in [2.45, 2.75) is 50.7 Å². The van der Waals surface area contributed by atoms with Gasteiger partial charge in [-0.2, -0.15) is 0 Å². The highest BCUT2D eigenvalue weighted by Crippen LogP contribution is 2.50. The van der Waals surface area contributed by atoms with Gasteiger partial charge < -0.3 is 20.0 Å². The van der Waals surface area contributed by atoms with Crippen LogP contribution in [0.3, 0.4) is 0 Å². The quantitative estimate of drug-likeness (QED) is 0.746. The standard InChI is InChI=1S/C27H36N2O3/c1-19(2)17-29(26(32)20-8-5-4-6-9-20)22-15-25(31)24-18-28(3)13-12-27(24,16-22)21-10-7-11-23(30)14-21/h4-11,14,19,22,24-25,30-31H,12-13,15-18H2,1-3H3/t22-,24?,25?,27?/m0/s1. The van der Waals surface area contributed by atoms with E-state index in [1.54, 1.807) is 6.07 Å². The molecule has 0 aromatic heterocycles. The highest BCUT2D eigenvalue weighted by atomic mass is 16.3. The van der Waals surface area contributed by atoms with Gasteiger partial charge in [0.05, 0.1) is 6.10 Å². The fourth-order valence-electron chi connectivity index (χ4n) is 5.93. The Balaban J connectivity index is 1.73. The molecule has 5 heteroatoms. The highest BCUT2D eigenvalue weighted by Gasteiger charge is 2.53. The molecule has 32 heavy (non-hydrogen) atoms. The molecule has 4 rings (SSSR count). The van der Waals surface area contributed by atoms with Crippen LogP contribution in [0.15, 0.2) is 54.6 Å². The second kappa shape index (κ2) is 9.24. The Labute approximate surface area is 191 Å². The molecule has 1 saturated heterocycles. The Bertz CT molecular complexity index is 932. The summed E-state index contributed by atoms with van der Waals surface area (Å²) in [5.74, 6) is 0.693. The molecule has 5 nitrogen and oxygen atoms in total. The minimum absolute atomic E-state index is 0.0361. The lowest BCUT2D eigenvalue weighted by molar-refractivity contribution is -0.0606. The van der Waals surface area contributed by atoms with E-state index >= 15 is 0 Å². The monoisotopic (exact) mass is 436 g/mol. The Morgan fingerprint density at radius 1 is 1.19 bits per heavy atom. The third-order valence-electron chi connectivity index (χ3n) is 7.44. The third kappa shape index (κ3) is 4.41. The average Bonchev–Trinajstić information content (AvgIpc) is 2.78. The third-order valence-corrected chi connectivity index (χ3v) is 7.44. The zero-order valence-electron chi connectivity index (χ0n) is 19.4. The molecule has 0 bridgehead atoms. The largest absolute Gasteiger partial charge is 0.508 e. The summed E-state index contributed by atoms with van der Waals surface area (Å²) >= 11 is 0. The van der Waals surface area contributed by atoms with Gasteiger partial charge in [-0.15, -0.1) is 0 Å². The molecular weight excluding hydrogens is 400 g/mol. The first-order valence-electron chi connectivity index (χ1n) is 11.8. The van der Waals surface area contributed by atoms with Crippen LogP contribution in [-0.2, 0) is 5.41 Å². The highest BCUT2D eigenvalue weighted by molar-refractivity contribution is 5.94. The number of aliphatic hydroxyl groups is 1. The number of piperidine rings is 1. The van der Waals surface area contributed by atoms with E-state index < -0.39 is 6.10 Å². The maximum Gasteiger partial charge on any atom is 0.254 e. The van der Waals surface area contributed by atoms with Gasteiger partial charge in [-0.3, -0.25) is 4.79 Å². The van der Waals surface area contributed by atoms with E-state index in [0.717, 1.165) is 31.5 Å². The number of amides is 1. The van der Waals surface area contributed by atoms with Crippen molar-refractivity contribution in [2.24, 2.45) is 11.8 Å². The SMILES string of the molecule is CC(C)CN(C(=O)c1ccccc1)[C@H]1CC(O)C2CN(C)CCC2(c2cccc(O)c2)C1. The Kier molecular flexibility index (Phi) is 6.59. The van der Waals surface area contributed by atoms with Crippen molar-refractivity contribution in [1.29, 1.82) is 0 Å². The van der Waals surface area contributed by atoms with E-state index in [1.165, 1.54) is 0 Å². The van der Waals surface area contributed by atoms with Gasteiger partial charge in [0.1, 0.15) is 5.75 Å². The molecule has 1 saturated carbocycles. The lowest BCUT2D eigenvalue weighted by Crippen LogP contribution is -2.61. The molecule has 4 atom stereocenters. The van der Waals surface area contributed by atoms with Crippen molar-refractivity contribution < 1.29 is 15.0 Å². The van der Waals surface area contributed by atoms with Gasteiger partial charge in [0.25, 0.3) is 5.91 Å². The van der Waals surface area contributed by atoms with Crippen molar-refractivity contribution >= 4 is 5.91 Å². The van der Waals surface area contributed by atoms with Crippen molar-refractivity contribution in [3.05, 3.63) is 65.7 Å². The molecule has 3 unspecified atom stereocenters. The fraction of sp³-hybridized carbons (Fsp3) is 0.519. The van der Waals surface area contributed by atoms with E-state index in [0.29, 0.717) is 24.4 Å². The van der Waals surface area contributed by atoms with Gasteiger partial charge in [0.2, 0.25) is 0 Å². The zero-order chi connectivity index (χ0) is 22.9. The Morgan fingerprint density at radius 3 is 2.62 bits per heavy atom. The Hall–Kier alpha value is -2.37. The number of aliphatic hydroxyl groups excluding tert-OH is 1. The molecule has 2 aromatic rings. The topological polar surface area (TPSA) is 64.0 Å². The summed E-state index contributed by atoms with van der Waals surface area (Å²) in [6.45, 7) is 6.68. The van der Waals surface area contributed by atoms with Gasteiger partial charge in [-0.1, -0.05) is 44.2 Å². The van der Waals surface area contributed by atoms with Gasteiger partial charge in [-0.05, 0) is 68.6 Å². The van der Waals surface area contributed by atoms with Gasteiger partial charge in [0.15, 0.2) is 0 Å². The van der Waals surface area contributed by atoms with E-state index in [-0.39, 0.29) is 29.0 Å². The van der Waals surface area contributed by atoms with Crippen LogP contribution in [0.5, 0.6) is 5.75 Å². The minimum Gasteiger partial charge on any atom is -0.508 e. The molecule has 172 valence electrons. The summed E-state index contributed by atoms with van der Waals surface area (Å²) in [7, 11) is 2.11. The second-order valence-electron chi connectivity index (χ2n) is 10.2. The van der Waals surface area contributed by atoms with Crippen molar-refractivity contribution in [3.8, 4) is 5.75 Å². The predicted octanol–water partition coefficient (Wildman–Crippen LogP) is 3.90. The number of carbonyl (C=O) groups is 1. The van der Waals surface area contributed by atoms with E-state index in [1.807, 2.05) is 47.4 Å². The smallest absolute Gasteiger partial charge is 0.254 e. The van der Waals surface area contributed by atoms with Gasteiger partial charge in [0, 0.05) is 36.0 Å². The first-order chi connectivity index (χ1) is 15.3. The maximum absolute atomic E-state index is 13.6. The first-order valence-corrected chi connectivity index (χ1v) is 11.8. The number of phenols is 1. The lowest BCUT2D eigenvalue weighted by atomic mass is 9.56. The molecule has 0 radical (unpaired) electrons. The van der Waals surface area contributed by atoms with Crippen LogP contribution in [0.4, 0.5) is 0 Å². The molecule has 1 aliphatic carbocycles. The Morgan fingerprint density at radius 2 is 1.94 bits per heavy atom. The second-order valence-corrected chi connectivity index (χ2v) is 10.2. The summed E-state index contributed by atoms with van der Waals surface area (Å²) in [5, 5.41) is 21.6. The summed E-state index contributed by atoms with van der Waals surface area (Å²) in [6, 6.07) is 17.0. The zero-order valence-corrected chi connectivity index (χ0v) is 19.4. The normalized spacial score (nSPS) is 28.3. The summed E-state index contributed by atoms with van der Waals surface area (Å²) in [4.78, 5) is 17.9. The molecule has 1 amide bonds. The number of carbonyl (C=O) groups excluding carboxylic acids is 1. The number of fused-ring (bicyclic) bond motifs is 1. The first kappa shape index (κ1) is 22.8. The van der Waals surface area contributed by atoms with E-state index in [9.17, 15) is 15.0 Å². The van der Waals surface area contributed by atoms with Crippen LogP contribution in [0.25, 0.3) is 0 Å². The molecular formula is C27H36N2O3. The number of phenolic OH excluding ortho intramolecular Hbond substituents is 1. The molecule has 1 aliphatic heterocycles. The summed E-state index contributed by atoms with van der Waals surface area (Å²) in [5.41, 5.74) is 1.51. The van der Waals surface area contributed by atoms with Crippen LogP contribution in [0.2, 0.25) is 0 Å². The van der Waals surface area contributed by atoms with Crippen LogP contribution < -0.4 is 0 Å². The number of benzene rings is 2. The number of rotatable bonds is 5. The minimum atomic E-state index is -0.503. The number of likely N-dealkylation sites (tertiary alicyclic amines) is 1. The predicted molar refractivity (Wildman–Crippen MR) is 127 cm³/mol. The molecule has 2 aromatic carbocycles. The van der Waals surface area contributed by atoms with Gasteiger partial charge >= 0.3 is 0 Å². The van der Waals surface area contributed by atoms with Crippen molar-refractivity contribution in [2.75, 3.05) is 26.7 Å². The van der Waals surface area contributed by atoms with Crippen molar-refractivity contribution in [1.82, 2.24) is 9.80 Å². The fourth-order valence-corrected chi connectivity index (χ4v) is 5.93. The van der Waals surface area contributed by atoms with Gasteiger partial charge in [-0.25, -0.2) is 0 Å². The number of hydrogen-bond acceptors (Lipinski definition) is 4. The molecule has 1 heterocycles. The lowest BCUT2D eigenvalue weighted by Gasteiger charge is -2.56. The van der Waals surface area contributed by atoms with Crippen LogP contribution in [0, 0.1) is 11.8 Å². The summed E-state index contributed by atoms with van der Waals surface area (Å²) in [6.07, 6.45) is 1.79. The average molecular weight is 437 g/mol. The maximum atomic E-state index is 13.6. The number of aromatic hydroxyl groups is 1. The van der Waals surface area contributed by atoms with E-state index in [4.69, 9.17) is 0 Å². The molecule has 2 N–H and O–H groups in total. The number of hydrogen-bond donors (Lipinski definition) is 2. The van der Waals surface area contributed by atoms with Crippen molar-refractivity contribution in [3.63, 3.8) is 0 Å². The van der Waals surface area contributed by atoms with E-state index in [2.05, 4.69) is 31.9 Å². The van der Waals surface area contributed by atoms with Crippen LogP contribution >= 0.6 is 0 Å². The number of nitrogens with zero attached hydrogens (tertiary/aromatic N) is 2. The molecule has 2 fully saturated rings. The molecule has 0 spiro atoms. The summed E-state index contributed by atoms with van der Waals surface area (Å²) < 4.78 is 0. The van der Waals surface area contributed by atoms with Crippen LogP contribution in [-0.4, -0.2) is 64.7 Å². The van der Waals surface area contributed by atoms with Crippen LogP contribution in [0.1, 0.15) is 49.0 Å². The molecule has 2 aliphatic rings.